The van der Waals surface area contributed by atoms with Gasteiger partial charge < -0.3 is 9.47 Å². The lowest BCUT2D eigenvalue weighted by Crippen LogP contribution is -2.13. The molecule has 5 heteroatoms. The molecule has 1 rings (SSSR count). The third-order valence-electron chi connectivity index (χ3n) is 1.92. The normalized spacial score (nSPS) is 9.06. The molecule has 0 amide bonds. The highest BCUT2D eigenvalue weighted by Gasteiger charge is 2.17. The first-order valence-corrected chi connectivity index (χ1v) is 5.14. The lowest BCUT2D eigenvalue weighted by atomic mass is 10.1. The van der Waals surface area contributed by atoms with E-state index in [0.717, 1.165) is 0 Å². The Morgan fingerprint density at radius 1 is 0.941 bits per heavy atom. The molecule has 0 aliphatic carbocycles. The number of esters is 2. The molecule has 0 saturated carbocycles. The molecule has 0 radical (unpaired) electrons. The quantitative estimate of drug-likeness (QED) is 0.779. The van der Waals surface area contributed by atoms with Gasteiger partial charge in [-0.1, -0.05) is 12.1 Å². The Labute approximate surface area is 106 Å². The van der Waals surface area contributed by atoms with Gasteiger partial charge >= 0.3 is 11.9 Å². The molecule has 0 bridgehead atoms. The van der Waals surface area contributed by atoms with Crippen molar-refractivity contribution in [3.63, 3.8) is 0 Å². The zero-order valence-corrected chi connectivity index (χ0v) is 10.6. The molecule has 0 unspecified atom stereocenters. The van der Waals surface area contributed by atoms with Gasteiger partial charge in [0, 0.05) is 0 Å². The summed E-state index contributed by atoms with van der Waals surface area (Å²) in [5, 5.41) is 0. The lowest BCUT2D eigenvalue weighted by molar-refractivity contribution is 0.0479. The Balaban J connectivity index is 0.00000256. The number of ether oxygens (including phenoxy) is 2. The van der Waals surface area contributed by atoms with Crippen LogP contribution in [0.25, 0.3) is 0 Å². The number of rotatable bonds is 4. The van der Waals surface area contributed by atoms with Crippen molar-refractivity contribution < 1.29 is 19.1 Å². The van der Waals surface area contributed by atoms with Gasteiger partial charge in [0.15, 0.2) is 0 Å². The first kappa shape index (κ1) is 15.4. The molecular formula is C12H15ClO4. The summed E-state index contributed by atoms with van der Waals surface area (Å²) in [4.78, 5) is 23.1. The van der Waals surface area contributed by atoms with E-state index in [2.05, 4.69) is 0 Å². The smallest absolute Gasteiger partial charge is 0.338 e. The zero-order valence-electron chi connectivity index (χ0n) is 9.76. The molecule has 0 atom stereocenters. The van der Waals surface area contributed by atoms with Crippen LogP contribution >= 0.6 is 12.4 Å². The fraction of sp³-hybridized carbons (Fsp3) is 0.333. The standard InChI is InChI=1S/C12H14O4.ClH/c1-3-15-11(13)9-7-5-6-8-10(9)12(14)16-4-2;/h5-8H,3-4H2,1-2H3;1H. The predicted molar refractivity (Wildman–Crippen MR) is 65.6 cm³/mol. The van der Waals surface area contributed by atoms with Crippen LogP contribution < -0.4 is 0 Å². The van der Waals surface area contributed by atoms with Gasteiger partial charge in [-0.05, 0) is 26.0 Å². The lowest BCUT2D eigenvalue weighted by Gasteiger charge is -2.07. The molecular weight excluding hydrogens is 244 g/mol. The van der Waals surface area contributed by atoms with Crippen LogP contribution in [-0.4, -0.2) is 25.2 Å². The van der Waals surface area contributed by atoms with E-state index in [1.54, 1.807) is 38.1 Å². The second-order valence-electron chi connectivity index (χ2n) is 2.99. The third-order valence-corrected chi connectivity index (χ3v) is 1.92. The van der Waals surface area contributed by atoms with Gasteiger partial charge in [-0.25, -0.2) is 9.59 Å². The Hall–Kier alpha value is -1.55. The Bertz CT molecular complexity index is 353. The van der Waals surface area contributed by atoms with Gasteiger partial charge in [0.2, 0.25) is 0 Å². The van der Waals surface area contributed by atoms with Crippen molar-refractivity contribution in [2.45, 2.75) is 13.8 Å². The summed E-state index contributed by atoms with van der Waals surface area (Å²) in [5.41, 5.74) is 0.477. The molecule has 0 aromatic heterocycles. The summed E-state index contributed by atoms with van der Waals surface area (Å²) in [6.45, 7) is 3.97. The maximum absolute atomic E-state index is 11.5. The number of carbonyl (C=O) groups excluding carboxylic acids is 2. The largest absolute Gasteiger partial charge is 0.462 e. The first-order chi connectivity index (χ1) is 7.70. The second kappa shape index (κ2) is 7.68. The Morgan fingerprint density at radius 3 is 1.59 bits per heavy atom. The SMILES string of the molecule is CCOC(=O)c1ccccc1C(=O)OCC.Cl. The second-order valence-corrected chi connectivity index (χ2v) is 2.99. The predicted octanol–water partition coefficient (Wildman–Crippen LogP) is 2.46. The average Bonchev–Trinajstić information content (AvgIpc) is 2.30. The molecule has 1 aromatic rings. The molecule has 0 fully saturated rings. The van der Waals surface area contributed by atoms with Crippen molar-refractivity contribution >= 4 is 24.3 Å². The van der Waals surface area contributed by atoms with Crippen molar-refractivity contribution in [1.29, 1.82) is 0 Å². The van der Waals surface area contributed by atoms with E-state index in [9.17, 15) is 9.59 Å². The highest BCUT2D eigenvalue weighted by molar-refractivity contribution is 6.03. The summed E-state index contributed by atoms with van der Waals surface area (Å²) >= 11 is 0. The summed E-state index contributed by atoms with van der Waals surface area (Å²) < 4.78 is 9.70. The van der Waals surface area contributed by atoms with Gasteiger partial charge in [0.1, 0.15) is 0 Å². The highest BCUT2D eigenvalue weighted by atomic mass is 35.5. The average molecular weight is 259 g/mol. The summed E-state index contributed by atoms with van der Waals surface area (Å²) in [5.74, 6) is -1.02. The first-order valence-electron chi connectivity index (χ1n) is 5.14. The zero-order chi connectivity index (χ0) is 12.0. The van der Waals surface area contributed by atoms with Crippen LogP contribution in [-0.2, 0) is 9.47 Å². The molecule has 1 aromatic carbocycles. The van der Waals surface area contributed by atoms with Gasteiger partial charge in [-0.15, -0.1) is 12.4 Å². The fourth-order valence-electron chi connectivity index (χ4n) is 1.26. The number of hydrogen-bond donors (Lipinski definition) is 0. The molecule has 94 valence electrons. The van der Waals surface area contributed by atoms with Crippen molar-refractivity contribution in [3.05, 3.63) is 35.4 Å². The minimum absolute atomic E-state index is 0. The van der Waals surface area contributed by atoms with E-state index in [0.29, 0.717) is 0 Å². The number of carbonyl (C=O) groups is 2. The van der Waals surface area contributed by atoms with E-state index in [4.69, 9.17) is 9.47 Å². The molecule has 0 aliphatic rings. The number of halogens is 1. The Morgan fingerprint density at radius 2 is 1.29 bits per heavy atom. The van der Waals surface area contributed by atoms with Crippen LogP contribution in [0.15, 0.2) is 24.3 Å². The van der Waals surface area contributed by atoms with E-state index in [1.807, 2.05) is 0 Å². The summed E-state index contributed by atoms with van der Waals surface area (Å²) in [6, 6.07) is 6.44. The number of hydrogen-bond acceptors (Lipinski definition) is 4. The van der Waals surface area contributed by atoms with Crippen LogP contribution in [0, 0.1) is 0 Å². The minimum atomic E-state index is -0.508. The van der Waals surface area contributed by atoms with Crippen LogP contribution in [0.3, 0.4) is 0 Å². The minimum Gasteiger partial charge on any atom is -0.462 e. The van der Waals surface area contributed by atoms with Gasteiger partial charge in [-0.3, -0.25) is 0 Å². The number of benzene rings is 1. The van der Waals surface area contributed by atoms with Crippen molar-refractivity contribution in [2.24, 2.45) is 0 Å². The van der Waals surface area contributed by atoms with Gasteiger partial charge in [0.05, 0.1) is 24.3 Å². The molecule has 0 heterocycles. The third kappa shape index (κ3) is 4.07. The Kier molecular flexibility index (Phi) is 6.98. The summed E-state index contributed by atoms with van der Waals surface area (Å²) in [7, 11) is 0. The van der Waals surface area contributed by atoms with Gasteiger partial charge in [-0.2, -0.15) is 0 Å². The molecule has 17 heavy (non-hydrogen) atoms. The topological polar surface area (TPSA) is 52.6 Å². The highest BCUT2D eigenvalue weighted by Crippen LogP contribution is 2.11. The van der Waals surface area contributed by atoms with Crippen LogP contribution in [0.2, 0.25) is 0 Å². The van der Waals surface area contributed by atoms with E-state index in [-0.39, 0.29) is 36.7 Å². The molecule has 0 aliphatic heterocycles. The maximum atomic E-state index is 11.5. The van der Waals surface area contributed by atoms with Crippen LogP contribution in [0.5, 0.6) is 0 Å². The fourth-order valence-corrected chi connectivity index (χ4v) is 1.26. The molecule has 0 saturated heterocycles. The van der Waals surface area contributed by atoms with Crippen LogP contribution in [0.1, 0.15) is 34.6 Å². The molecule has 0 N–H and O–H groups in total. The monoisotopic (exact) mass is 258 g/mol. The van der Waals surface area contributed by atoms with E-state index < -0.39 is 11.9 Å². The molecule has 4 nitrogen and oxygen atoms in total. The van der Waals surface area contributed by atoms with E-state index >= 15 is 0 Å². The maximum Gasteiger partial charge on any atom is 0.338 e. The van der Waals surface area contributed by atoms with Crippen molar-refractivity contribution in [3.8, 4) is 0 Å². The summed E-state index contributed by atoms with van der Waals surface area (Å²) in [6.07, 6.45) is 0. The van der Waals surface area contributed by atoms with Crippen molar-refractivity contribution in [2.75, 3.05) is 13.2 Å². The molecule has 0 spiro atoms. The van der Waals surface area contributed by atoms with Crippen LogP contribution in [0.4, 0.5) is 0 Å². The van der Waals surface area contributed by atoms with Crippen molar-refractivity contribution in [1.82, 2.24) is 0 Å². The van der Waals surface area contributed by atoms with E-state index in [1.165, 1.54) is 0 Å². The van der Waals surface area contributed by atoms with Gasteiger partial charge in [0.25, 0.3) is 0 Å².